The predicted octanol–water partition coefficient (Wildman–Crippen LogP) is 1.98. The first-order valence-corrected chi connectivity index (χ1v) is 7.39. The third kappa shape index (κ3) is 3.52. The van der Waals surface area contributed by atoms with E-state index in [1.165, 1.54) is 0 Å². The number of benzene rings is 1. The summed E-state index contributed by atoms with van der Waals surface area (Å²) in [5.41, 5.74) is 0.946. The fourth-order valence-corrected chi connectivity index (χ4v) is 3.35. The molecule has 0 spiro atoms. The second kappa shape index (κ2) is 5.62. The molecule has 0 aliphatic heterocycles. The van der Waals surface area contributed by atoms with Crippen LogP contribution in [0, 0.1) is 0 Å². The number of rotatable bonds is 5. The normalized spacial score (nSPS) is 17.4. The highest BCUT2D eigenvalue weighted by atomic mass is 32.2. The van der Waals surface area contributed by atoms with Gasteiger partial charge in [-0.05, 0) is 18.4 Å². The van der Waals surface area contributed by atoms with Crippen LogP contribution in [0.3, 0.4) is 0 Å². The van der Waals surface area contributed by atoms with Crippen LogP contribution in [0.2, 0.25) is 0 Å². The summed E-state index contributed by atoms with van der Waals surface area (Å²) in [6, 6.07) is 9.48. The molecule has 1 aromatic carbocycles. The molecule has 4 nitrogen and oxygen atoms in total. The van der Waals surface area contributed by atoms with Gasteiger partial charge in [0.25, 0.3) is 0 Å². The molecule has 0 atom stereocenters. The van der Waals surface area contributed by atoms with Crippen molar-refractivity contribution in [3.63, 3.8) is 0 Å². The summed E-state index contributed by atoms with van der Waals surface area (Å²) in [5.74, 6) is 0. The molecule has 0 saturated heterocycles. The fourth-order valence-electron chi connectivity index (χ4n) is 2.04. The summed E-state index contributed by atoms with van der Waals surface area (Å²) in [4.78, 5) is 7.28. The SMILES string of the molecule is O=S(=O)(NOCc1ccccc1)C1CCCC1. The first-order valence-electron chi connectivity index (χ1n) is 5.85. The molecule has 17 heavy (non-hydrogen) atoms. The van der Waals surface area contributed by atoms with E-state index in [1.807, 2.05) is 30.3 Å². The van der Waals surface area contributed by atoms with E-state index < -0.39 is 10.0 Å². The summed E-state index contributed by atoms with van der Waals surface area (Å²) in [6.07, 6.45) is 3.46. The molecule has 1 N–H and O–H groups in total. The van der Waals surface area contributed by atoms with Crippen molar-refractivity contribution in [1.82, 2.24) is 4.89 Å². The molecule has 0 bridgehead atoms. The monoisotopic (exact) mass is 255 g/mol. The molecule has 2 rings (SSSR count). The van der Waals surface area contributed by atoms with Crippen LogP contribution >= 0.6 is 0 Å². The maximum absolute atomic E-state index is 11.8. The topological polar surface area (TPSA) is 55.4 Å². The van der Waals surface area contributed by atoms with Gasteiger partial charge in [0, 0.05) is 0 Å². The van der Waals surface area contributed by atoms with E-state index in [0.717, 1.165) is 31.2 Å². The van der Waals surface area contributed by atoms with Gasteiger partial charge < -0.3 is 0 Å². The fraction of sp³-hybridized carbons (Fsp3) is 0.500. The molecule has 1 aliphatic carbocycles. The number of sulfonamides is 1. The van der Waals surface area contributed by atoms with Crippen molar-refractivity contribution >= 4 is 10.0 Å². The molecule has 0 radical (unpaired) electrons. The predicted molar refractivity (Wildman–Crippen MR) is 65.5 cm³/mol. The highest BCUT2D eigenvalue weighted by Gasteiger charge is 2.28. The average Bonchev–Trinajstić information content (AvgIpc) is 2.84. The molecular formula is C12H17NO3S. The van der Waals surface area contributed by atoms with E-state index in [9.17, 15) is 8.42 Å². The van der Waals surface area contributed by atoms with Crippen molar-refractivity contribution in [2.75, 3.05) is 0 Å². The van der Waals surface area contributed by atoms with Crippen molar-refractivity contribution in [3.8, 4) is 0 Å². The quantitative estimate of drug-likeness (QED) is 0.818. The molecule has 0 heterocycles. The summed E-state index contributed by atoms with van der Waals surface area (Å²) in [7, 11) is -3.30. The van der Waals surface area contributed by atoms with E-state index >= 15 is 0 Å². The van der Waals surface area contributed by atoms with Gasteiger partial charge in [-0.2, -0.15) is 0 Å². The standard InChI is InChI=1S/C12H17NO3S/c14-17(15,12-8-4-5-9-12)13-16-10-11-6-2-1-3-7-11/h1-3,6-7,12-13H,4-5,8-10H2. The number of nitrogens with one attached hydrogen (secondary N) is 1. The lowest BCUT2D eigenvalue weighted by Crippen LogP contribution is -2.32. The highest BCUT2D eigenvalue weighted by Crippen LogP contribution is 2.23. The van der Waals surface area contributed by atoms with Gasteiger partial charge in [-0.3, -0.25) is 4.84 Å². The summed E-state index contributed by atoms with van der Waals surface area (Å²) in [6.45, 7) is 0.257. The lowest BCUT2D eigenvalue weighted by atomic mass is 10.2. The molecule has 94 valence electrons. The van der Waals surface area contributed by atoms with E-state index in [2.05, 4.69) is 4.89 Å². The molecule has 0 amide bonds. The molecule has 0 aromatic heterocycles. The highest BCUT2D eigenvalue weighted by molar-refractivity contribution is 7.90. The van der Waals surface area contributed by atoms with Crippen LogP contribution in [-0.2, 0) is 21.5 Å². The molecule has 5 heteroatoms. The maximum atomic E-state index is 11.8. The first kappa shape index (κ1) is 12.5. The van der Waals surface area contributed by atoms with Gasteiger partial charge >= 0.3 is 0 Å². The Hall–Kier alpha value is -0.910. The van der Waals surface area contributed by atoms with Gasteiger partial charge in [-0.1, -0.05) is 48.1 Å². The van der Waals surface area contributed by atoms with Crippen LogP contribution in [0.25, 0.3) is 0 Å². The Morgan fingerprint density at radius 2 is 1.82 bits per heavy atom. The van der Waals surface area contributed by atoms with Crippen molar-refractivity contribution in [1.29, 1.82) is 0 Å². The second-order valence-corrected chi connectivity index (χ2v) is 6.23. The molecule has 1 aliphatic rings. The molecule has 1 aromatic rings. The Kier molecular flexibility index (Phi) is 4.15. The third-order valence-corrected chi connectivity index (χ3v) is 4.70. The Balaban J connectivity index is 1.82. The minimum Gasteiger partial charge on any atom is -0.282 e. The van der Waals surface area contributed by atoms with E-state index in [4.69, 9.17) is 4.84 Å². The van der Waals surface area contributed by atoms with E-state index in [-0.39, 0.29) is 11.9 Å². The Bertz CT molecular complexity index is 438. The zero-order chi connectivity index (χ0) is 12.1. The summed E-state index contributed by atoms with van der Waals surface area (Å²) in [5, 5.41) is -0.279. The molecule has 1 saturated carbocycles. The van der Waals surface area contributed by atoms with Crippen molar-refractivity contribution < 1.29 is 13.3 Å². The van der Waals surface area contributed by atoms with E-state index in [0.29, 0.717) is 0 Å². The van der Waals surface area contributed by atoms with Crippen molar-refractivity contribution in [2.24, 2.45) is 0 Å². The number of hydrogen-bond donors (Lipinski definition) is 1. The minimum absolute atomic E-state index is 0.257. The zero-order valence-electron chi connectivity index (χ0n) is 9.63. The maximum Gasteiger partial charge on any atom is 0.236 e. The molecule has 0 unspecified atom stereocenters. The van der Waals surface area contributed by atoms with Crippen LogP contribution in [0.5, 0.6) is 0 Å². The molecular weight excluding hydrogens is 238 g/mol. The van der Waals surface area contributed by atoms with Crippen molar-refractivity contribution in [2.45, 2.75) is 37.5 Å². The Morgan fingerprint density at radius 1 is 1.18 bits per heavy atom. The third-order valence-electron chi connectivity index (χ3n) is 3.00. The largest absolute Gasteiger partial charge is 0.282 e. The Morgan fingerprint density at radius 3 is 2.47 bits per heavy atom. The van der Waals surface area contributed by atoms with Crippen LogP contribution in [0.4, 0.5) is 0 Å². The van der Waals surface area contributed by atoms with Crippen LogP contribution in [0.1, 0.15) is 31.2 Å². The van der Waals surface area contributed by atoms with Crippen molar-refractivity contribution in [3.05, 3.63) is 35.9 Å². The van der Waals surface area contributed by atoms with Crippen LogP contribution < -0.4 is 4.89 Å². The van der Waals surface area contributed by atoms with Gasteiger partial charge in [-0.25, -0.2) is 8.42 Å². The number of hydrogen-bond acceptors (Lipinski definition) is 3. The zero-order valence-corrected chi connectivity index (χ0v) is 10.4. The van der Waals surface area contributed by atoms with Gasteiger partial charge in [0.2, 0.25) is 10.0 Å². The smallest absolute Gasteiger partial charge is 0.236 e. The summed E-state index contributed by atoms with van der Waals surface area (Å²) >= 11 is 0. The van der Waals surface area contributed by atoms with Crippen LogP contribution in [-0.4, -0.2) is 13.7 Å². The lowest BCUT2D eigenvalue weighted by Gasteiger charge is -2.12. The van der Waals surface area contributed by atoms with Gasteiger partial charge in [0.05, 0.1) is 11.9 Å². The first-order chi connectivity index (χ1) is 8.18. The lowest BCUT2D eigenvalue weighted by molar-refractivity contribution is 0.0788. The van der Waals surface area contributed by atoms with Gasteiger partial charge in [0.15, 0.2) is 0 Å². The van der Waals surface area contributed by atoms with Gasteiger partial charge in [0.1, 0.15) is 0 Å². The average molecular weight is 255 g/mol. The Labute approximate surface area is 102 Å². The summed E-state index contributed by atoms with van der Waals surface area (Å²) < 4.78 is 23.6. The van der Waals surface area contributed by atoms with E-state index in [1.54, 1.807) is 0 Å². The van der Waals surface area contributed by atoms with Gasteiger partial charge in [-0.15, -0.1) is 0 Å². The molecule has 1 fully saturated rings. The second-order valence-electron chi connectivity index (χ2n) is 4.31. The minimum atomic E-state index is -3.30. The van der Waals surface area contributed by atoms with Crippen LogP contribution in [0.15, 0.2) is 30.3 Å².